The Kier molecular flexibility index (Phi) is 5.00. The largest absolute Gasteiger partial charge is 0.328 e. The van der Waals surface area contributed by atoms with Crippen molar-refractivity contribution in [3.63, 3.8) is 0 Å². The van der Waals surface area contributed by atoms with Gasteiger partial charge in [0.05, 0.1) is 17.5 Å². The van der Waals surface area contributed by atoms with Crippen molar-refractivity contribution in [3.8, 4) is 0 Å². The first-order valence-electron chi connectivity index (χ1n) is 8.06. The van der Waals surface area contributed by atoms with Gasteiger partial charge in [0, 0.05) is 18.6 Å². The highest BCUT2D eigenvalue weighted by Gasteiger charge is 2.23. The van der Waals surface area contributed by atoms with Gasteiger partial charge < -0.3 is 0 Å². The Hall–Kier alpha value is -2.39. The second kappa shape index (κ2) is 6.97. The van der Waals surface area contributed by atoms with Gasteiger partial charge in [-0.1, -0.05) is 29.8 Å². The van der Waals surface area contributed by atoms with Crippen LogP contribution in [0.25, 0.3) is 11.0 Å². The fourth-order valence-corrected chi connectivity index (χ4v) is 4.87. The zero-order valence-electron chi connectivity index (χ0n) is 15.0. The molecule has 1 aromatic heterocycles. The van der Waals surface area contributed by atoms with E-state index in [4.69, 9.17) is 0 Å². The molecule has 0 aliphatic rings. The van der Waals surface area contributed by atoms with Gasteiger partial charge >= 0.3 is 5.69 Å². The topological polar surface area (TPSA) is 90.2 Å². The minimum absolute atomic E-state index is 0.0524. The van der Waals surface area contributed by atoms with Crippen LogP contribution in [0.2, 0.25) is 0 Å². The number of fused-ring (bicyclic) bond motifs is 1. The van der Waals surface area contributed by atoms with Crippen LogP contribution < -0.4 is 10.4 Å². The van der Waals surface area contributed by atoms with E-state index in [1.165, 1.54) is 15.2 Å². The molecule has 2 aromatic carbocycles. The number of hydrogen-bond acceptors (Lipinski definition) is 4. The van der Waals surface area contributed by atoms with Crippen LogP contribution in [0.4, 0.5) is 0 Å². The number of carbonyl (C=O) groups excluding carboxylic acids is 1. The smallest absolute Gasteiger partial charge is 0.295 e. The minimum atomic E-state index is -4.10. The van der Waals surface area contributed by atoms with Crippen molar-refractivity contribution in [2.24, 2.45) is 14.1 Å². The van der Waals surface area contributed by atoms with Crippen LogP contribution >= 0.6 is 15.9 Å². The number of nitrogens with one attached hydrogen (secondary N) is 1. The highest BCUT2D eigenvalue weighted by molar-refractivity contribution is 9.10. The number of carbonyl (C=O) groups is 1. The third kappa shape index (κ3) is 3.70. The molecule has 27 heavy (non-hydrogen) atoms. The third-order valence-electron chi connectivity index (χ3n) is 4.35. The number of rotatable bonds is 4. The summed E-state index contributed by atoms with van der Waals surface area (Å²) in [6, 6.07) is 10.2. The molecule has 9 heteroatoms. The molecule has 1 N–H and O–H groups in total. The van der Waals surface area contributed by atoms with Gasteiger partial charge in [0.2, 0.25) is 5.91 Å². The van der Waals surface area contributed by atoms with Crippen molar-refractivity contribution in [3.05, 3.63) is 62.5 Å². The molecule has 0 fully saturated rings. The number of halogens is 1. The number of imidazole rings is 1. The van der Waals surface area contributed by atoms with Crippen molar-refractivity contribution in [2.75, 3.05) is 0 Å². The summed E-state index contributed by atoms with van der Waals surface area (Å²) in [5, 5.41) is 0. The first-order valence-corrected chi connectivity index (χ1v) is 10.3. The summed E-state index contributed by atoms with van der Waals surface area (Å²) >= 11 is 3.23. The quantitative estimate of drug-likeness (QED) is 0.656. The number of hydrogen-bond donors (Lipinski definition) is 1. The van der Waals surface area contributed by atoms with Crippen LogP contribution in [-0.4, -0.2) is 23.5 Å². The van der Waals surface area contributed by atoms with Gasteiger partial charge in [-0.2, -0.15) is 0 Å². The predicted octanol–water partition coefficient (Wildman–Crippen LogP) is 2.00. The highest BCUT2D eigenvalue weighted by atomic mass is 79.9. The summed E-state index contributed by atoms with van der Waals surface area (Å²) in [6.07, 6.45) is -0.0524. The van der Waals surface area contributed by atoms with Crippen molar-refractivity contribution >= 4 is 42.9 Å². The van der Waals surface area contributed by atoms with Crippen LogP contribution in [0.1, 0.15) is 11.1 Å². The zero-order chi connectivity index (χ0) is 19.9. The maximum Gasteiger partial charge on any atom is 0.328 e. The van der Waals surface area contributed by atoms with Crippen LogP contribution in [0.5, 0.6) is 0 Å². The molecule has 142 valence electrons. The number of nitrogens with zero attached hydrogens (tertiary/aromatic N) is 2. The molecule has 3 aromatic rings. The number of aromatic nitrogens is 2. The molecule has 0 atom stereocenters. The van der Waals surface area contributed by atoms with Crippen LogP contribution in [0, 0.1) is 6.92 Å². The van der Waals surface area contributed by atoms with Crippen molar-refractivity contribution < 1.29 is 13.2 Å². The highest BCUT2D eigenvalue weighted by Crippen LogP contribution is 2.27. The summed E-state index contributed by atoms with van der Waals surface area (Å²) in [4.78, 5) is 24.2. The van der Waals surface area contributed by atoms with E-state index in [0.29, 0.717) is 16.6 Å². The van der Waals surface area contributed by atoms with E-state index in [1.54, 1.807) is 32.3 Å². The Morgan fingerprint density at radius 1 is 1.07 bits per heavy atom. The van der Waals surface area contributed by atoms with E-state index in [-0.39, 0.29) is 21.5 Å². The lowest BCUT2D eigenvalue weighted by atomic mass is 10.1. The van der Waals surface area contributed by atoms with Gasteiger partial charge in [-0.25, -0.2) is 17.9 Å². The van der Waals surface area contributed by atoms with Crippen LogP contribution in [-0.2, 0) is 35.3 Å². The molecule has 3 rings (SSSR count). The Bertz CT molecular complexity index is 1210. The standard InChI is InChI=1S/C18H18BrN3O4S/c1-11-4-6-12(7-5-11)8-17(23)20-27(25,26)16-10-15-14(9-13(16)19)21(2)18(24)22(15)3/h4-7,9-10H,8H2,1-3H3,(H,20,23). The Labute approximate surface area is 164 Å². The summed E-state index contributed by atoms with van der Waals surface area (Å²) in [7, 11) is -0.935. The summed E-state index contributed by atoms with van der Waals surface area (Å²) in [6.45, 7) is 1.93. The lowest BCUT2D eigenvalue weighted by Crippen LogP contribution is -2.32. The van der Waals surface area contributed by atoms with Gasteiger partial charge in [0.1, 0.15) is 4.90 Å². The maximum absolute atomic E-state index is 12.7. The second-order valence-electron chi connectivity index (χ2n) is 6.36. The lowest BCUT2D eigenvalue weighted by Gasteiger charge is -2.10. The van der Waals surface area contributed by atoms with Crippen molar-refractivity contribution in [1.29, 1.82) is 0 Å². The number of sulfonamides is 1. The van der Waals surface area contributed by atoms with Crippen LogP contribution in [0.15, 0.2) is 50.6 Å². The van der Waals surface area contributed by atoms with E-state index in [1.807, 2.05) is 19.1 Å². The molecular formula is C18H18BrN3O4S. The SMILES string of the molecule is Cc1ccc(CC(=O)NS(=O)(=O)c2cc3c(cc2Br)n(C)c(=O)n3C)cc1. The van der Waals surface area contributed by atoms with Gasteiger partial charge in [-0.3, -0.25) is 13.9 Å². The van der Waals surface area contributed by atoms with E-state index in [9.17, 15) is 18.0 Å². The fourth-order valence-electron chi connectivity index (χ4n) is 2.84. The molecular weight excluding hydrogens is 434 g/mol. The van der Waals surface area contributed by atoms with Crippen LogP contribution in [0.3, 0.4) is 0 Å². The van der Waals surface area contributed by atoms with Gasteiger partial charge in [-0.15, -0.1) is 0 Å². The minimum Gasteiger partial charge on any atom is -0.295 e. The van der Waals surface area contributed by atoms with E-state index in [2.05, 4.69) is 20.7 Å². The molecule has 0 aliphatic heterocycles. The molecule has 7 nitrogen and oxygen atoms in total. The van der Waals surface area contributed by atoms with Gasteiger partial charge in [-0.05, 0) is 40.5 Å². The average Bonchev–Trinajstić information content (AvgIpc) is 2.80. The molecule has 0 bridgehead atoms. The summed E-state index contributed by atoms with van der Waals surface area (Å²) in [5.41, 5.74) is 2.54. The normalized spacial score (nSPS) is 11.7. The monoisotopic (exact) mass is 451 g/mol. The Balaban J connectivity index is 1.93. The van der Waals surface area contributed by atoms with Crippen molar-refractivity contribution in [2.45, 2.75) is 18.2 Å². The van der Waals surface area contributed by atoms with E-state index < -0.39 is 15.9 Å². The van der Waals surface area contributed by atoms with Gasteiger partial charge in [0.15, 0.2) is 0 Å². The Morgan fingerprint density at radius 3 is 2.22 bits per heavy atom. The van der Waals surface area contributed by atoms with Crippen molar-refractivity contribution in [1.82, 2.24) is 13.9 Å². The number of benzene rings is 2. The Morgan fingerprint density at radius 2 is 1.63 bits per heavy atom. The summed E-state index contributed by atoms with van der Waals surface area (Å²) in [5.74, 6) is -0.632. The molecule has 0 unspecified atom stereocenters. The molecule has 0 saturated heterocycles. The summed E-state index contributed by atoms with van der Waals surface area (Å²) < 4.78 is 30.5. The molecule has 0 spiro atoms. The number of aryl methyl sites for hydroxylation is 3. The predicted molar refractivity (Wildman–Crippen MR) is 106 cm³/mol. The molecule has 1 heterocycles. The second-order valence-corrected chi connectivity index (χ2v) is 8.87. The molecule has 0 aliphatic carbocycles. The zero-order valence-corrected chi connectivity index (χ0v) is 17.4. The molecule has 0 saturated carbocycles. The maximum atomic E-state index is 12.7. The lowest BCUT2D eigenvalue weighted by molar-refractivity contribution is -0.118. The van der Waals surface area contributed by atoms with Gasteiger partial charge in [0.25, 0.3) is 10.0 Å². The first kappa shape index (κ1) is 19.4. The first-order chi connectivity index (χ1) is 12.6. The third-order valence-corrected chi connectivity index (χ3v) is 6.68. The fraction of sp³-hybridized carbons (Fsp3) is 0.222. The molecule has 1 amide bonds. The molecule has 0 radical (unpaired) electrons. The van der Waals surface area contributed by atoms with E-state index in [0.717, 1.165) is 5.56 Å². The van der Waals surface area contributed by atoms with E-state index >= 15 is 0 Å². The average molecular weight is 452 g/mol. The number of amides is 1.